The molecule has 150 valence electrons. The first-order valence-electron chi connectivity index (χ1n) is 9.40. The molecule has 0 atom stereocenters. The van der Waals surface area contributed by atoms with Crippen molar-refractivity contribution in [2.24, 2.45) is 0 Å². The fourth-order valence-electron chi connectivity index (χ4n) is 3.25. The second-order valence-electron chi connectivity index (χ2n) is 6.91. The van der Waals surface area contributed by atoms with E-state index in [1.165, 1.54) is 4.31 Å². The Balaban J connectivity index is 1.43. The zero-order chi connectivity index (χ0) is 20.0. The summed E-state index contributed by atoms with van der Waals surface area (Å²) >= 11 is 0. The van der Waals surface area contributed by atoms with Gasteiger partial charge in [0.2, 0.25) is 15.9 Å². The number of carbonyl (C=O) groups is 1. The van der Waals surface area contributed by atoms with Crippen LogP contribution >= 0.6 is 0 Å². The van der Waals surface area contributed by atoms with Gasteiger partial charge in [0.1, 0.15) is 5.82 Å². The van der Waals surface area contributed by atoms with E-state index in [9.17, 15) is 13.2 Å². The van der Waals surface area contributed by atoms with Crippen LogP contribution in [-0.2, 0) is 21.2 Å². The Kier molecular flexibility index (Phi) is 6.64. The molecule has 0 bridgehead atoms. The number of amides is 1. The maximum absolute atomic E-state index is 12.6. The highest BCUT2D eigenvalue weighted by Gasteiger charge is 2.27. The molecule has 1 amide bonds. The topological polar surface area (TPSA) is 82.6 Å². The molecule has 1 aliphatic rings. The van der Waals surface area contributed by atoms with Crippen LogP contribution in [0.25, 0.3) is 0 Å². The first-order valence-corrected chi connectivity index (χ1v) is 11.0. The van der Waals surface area contributed by atoms with E-state index < -0.39 is 10.0 Å². The molecular formula is C20H26N4O3S. The highest BCUT2D eigenvalue weighted by atomic mass is 32.2. The molecule has 0 aliphatic carbocycles. The van der Waals surface area contributed by atoms with Crippen molar-refractivity contribution < 1.29 is 13.2 Å². The van der Waals surface area contributed by atoms with Crippen molar-refractivity contribution in [1.29, 1.82) is 0 Å². The number of benzene rings is 1. The molecule has 1 aromatic carbocycles. The highest BCUT2D eigenvalue weighted by Crippen LogP contribution is 2.14. The van der Waals surface area contributed by atoms with Gasteiger partial charge in [0.25, 0.3) is 0 Å². The minimum atomic E-state index is -3.39. The summed E-state index contributed by atoms with van der Waals surface area (Å²) in [5, 5.41) is 2.72. The molecule has 7 nitrogen and oxygen atoms in total. The minimum Gasteiger partial charge on any atom is -0.355 e. The second kappa shape index (κ2) is 9.16. The number of aromatic nitrogens is 1. The van der Waals surface area contributed by atoms with E-state index in [1.54, 1.807) is 6.20 Å². The van der Waals surface area contributed by atoms with E-state index in [4.69, 9.17) is 0 Å². The Morgan fingerprint density at radius 3 is 2.57 bits per heavy atom. The van der Waals surface area contributed by atoms with E-state index >= 15 is 0 Å². The largest absolute Gasteiger partial charge is 0.355 e. The molecule has 1 fully saturated rings. The second-order valence-corrected chi connectivity index (χ2v) is 8.99. The third-order valence-corrected chi connectivity index (χ3v) is 6.61. The molecule has 1 N–H and O–H groups in total. The number of rotatable bonds is 7. The van der Waals surface area contributed by atoms with Gasteiger partial charge in [0, 0.05) is 38.9 Å². The normalized spacial score (nSPS) is 15.4. The van der Waals surface area contributed by atoms with Crippen molar-refractivity contribution in [1.82, 2.24) is 14.6 Å². The number of aryl methyl sites for hydroxylation is 1. The minimum absolute atomic E-state index is 0.0872. The van der Waals surface area contributed by atoms with E-state index in [1.807, 2.05) is 49.4 Å². The number of anilines is 1. The summed E-state index contributed by atoms with van der Waals surface area (Å²) in [6, 6.07) is 13.4. The number of hydrogen-bond acceptors (Lipinski definition) is 5. The van der Waals surface area contributed by atoms with Crippen LogP contribution in [0.5, 0.6) is 0 Å². The quantitative estimate of drug-likeness (QED) is 0.753. The van der Waals surface area contributed by atoms with Gasteiger partial charge < -0.3 is 10.2 Å². The van der Waals surface area contributed by atoms with Crippen molar-refractivity contribution in [2.45, 2.75) is 13.3 Å². The number of pyridine rings is 1. The van der Waals surface area contributed by atoms with Crippen LogP contribution in [0.15, 0.2) is 48.7 Å². The lowest BCUT2D eigenvalue weighted by molar-refractivity contribution is -0.120. The van der Waals surface area contributed by atoms with Gasteiger partial charge in [-0.25, -0.2) is 13.4 Å². The van der Waals surface area contributed by atoms with E-state index in [2.05, 4.69) is 15.2 Å². The number of piperazine rings is 1. The van der Waals surface area contributed by atoms with Crippen molar-refractivity contribution in [2.75, 3.05) is 43.4 Å². The van der Waals surface area contributed by atoms with Crippen LogP contribution in [-0.4, -0.2) is 62.1 Å². The van der Waals surface area contributed by atoms with Crippen molar-refractivity contribution in [3.8, 4) is 0 Å². The van der Waals surface area contributed by atoms with Gasteiger partial charge >= 0.3 is 0 Å². The standard InChI is InChI=1S/C20H26N4O3S/c1-17-5-4-6-18(15-17)16-20(25)22-9-14-28(26,27)24-12-10-23(11-13-24)19-7-2-3-8-21-19/h2-8,15H,9-14,16H2,1H3,(H,22,25). The number of carbonyl (C=O) groups excluding carboxylic acids is 1. The van der Waals surface area contributed by atoms with Gasteiger partial charge in [-0.05, 0) is 24.6 Å². The van der Waals surface area contributed by atoms with Gasteiger partial charge in [0.05, 0.1) is 12.2 Å². The fraction of sp³-hybridized carbons (Fsp3) is 0.400. The van der Waals surface area contributed by atoms with Crippen LogP contribution in [0.1, 0.15) is 11.1 Å². The maximum Gasteiger partial charge on any atom is 0.224 e. The molecule has 8 heteroatoms. The number of hydrogen-bond donors (Lipinski definition) is 1. The molecule has 2 heterocycles. The maximum atomic E-state index is 12.6. The first-order chi connectivity index (χ1) is 13.4. The summed E-state index contributed by atoms with van der Waals surface area (Å²) < 4.78 is 26.6. The van der Waals surface area contributed by atoms with Gasteiger partial charge in [-0.15, -0.1) is 0 Å². The summed E-state index contributed by atoms with van der Waals surface area (Å²) in [6.45, 7) is 4.16. The molecule has 28 heavy (non-hydrogen) atoms. The molecule has 0 spiro atoms. The Morgan fingerprint density at radius 1 is 1.11 bits per heavy atom. The lowest BCUT2D eigenvalue weighted by atomic mass is 10.1. The molecule has 1 saturated heterocycles. The SMILES string of the molecule is Cc1cccc(CC(=O)NCCS(=O)(=O)N2CCN(c3ccccn3)CC2)c1. The average Bonchev–Trinajstić information content (AvgIpc) is 2.68. The monoisotopic (exact) mass is 402 g/mol. The number of nitrogens with one attached hydrogen (secondary N) is 1. The lowest BCUT2D eigenvalue weighted by Crippen LogP contribution is -2.50. The van der Waals surface area contributed by atoms with Crippen molar-refractivity contribution in [3.05, 3.63) is 59.8 Å². The molecular weight excluding hydrogens is 376 g/mol. The highest BCUT2D eigenvalue weighted by molar-refractivity contribution is 7.89. The van der Waals surface area contributed by atoms with Gasteiger partial charge in [0.15, 0.2) is 0 Å². The van der Waals surface area contributed by atoms with Crippen LogP contribution in [0.3, 0.4) is 0 Å². The van der Waals surface area contributed by atoms with Crippen LogP contribution in [0.2, 0.25) is 0 Å². The van der Waals surface area contributed by atoms with Crippen molar-refractivity contribution in [3.63, 3.8) is 0 Å². The predicted octanol–water partition coefficient (Wildman–Crippen LogP) is 1.20. The summed E-state index contributed by atoms with van der Waals surface area (Å²) in [6.07, 6.45) is 1.99. The van der Waals surface area contributed by atoms with E-state index in [0.717, 1.165) is 16.9 Å². The van der Waals surface area contributed by atoms with Crippen LogP contribution in [0, 0.1) is 6.92 Å². The van der Waals surface area contributed by atoms with E-state index in [0.29, 0.717) is 26.2 Å². The Labute approximate surface area is 166 Å². The molecule has 0 unspecified atom stereocenters. The van der Waals surface area contributed by atoms with Gasteiger partial charge in [-0.3, -0.25) is 4.79 Å². The molecule has 3 rings (SSSR count). The summed E-state index contributed by atoms with van der Waals surface area (Å²) in [5.74, 6) is 0.611. The van der Waals surface area contributed by atoms with Crippen molar-refractivity contribution >= 4 is 21.7 Å². The van der Waals surface area contributed by atoms with Crippen LogP contribution in [0.4, 0.5) is 5.82 Å². The summed E-state index contributed by atoms with van der Waals surface area (Å²) in [5.41, 5.74) is 2.02. The summed E-state index contributed by atoms with van der Waals surface area (Å²) in [7, 11) is -3.39. The first kappa shape index (κ1) is 20.3. The Morgan fingerprint density at radius 2 is 1.89 bits per heavy atom. The zero-order valence-electron chi connectivity index (χ0n) is 16.0. The molecule has 0 saturated carbocycles. The van der Waals surface area contributed by atoms with E-state index in [-0.39, 0.29) is 24.6 Å². The predicted molar refractivity (Wildman–Crippen MR) is 110 cm³/mol. The molecule has 1 aromatic heterocycles. The average molecular weight is 403 g/mol. The molecule has 1 aliphatic heterocycles. The lowest BCUT2D eigenvalue weighted by Gasteiger charge is -2.34. The fourth-order valence-corrected chi connectivity index (χ4v) is 4.59. The Bertz CT molecular complexity index is 895. The third kappa shape index (κ3) is 5.53. The zero-order valence-corrected chi connectivity index (χ0v) is 16.9. The van der Waals surface area contributed by atoms with Gasteiger partial charge in [-0.2, -0.15) is 4.31 Å². The van der Waals surface area contributed by atoms with Gasteiger partial charge in [-0.1, -0.05) is 35.9 Å². The summed E-state index contributed by atoms with van der Waals surface area (Å²) in [4.78, 5) is 18.4. The molecule has 2 aromatic rings. The number of nitrogens with zero attached hydrogens (tertiary/aromatic N) is 3. The third-order valence-electron chi connectivity index (χ3n) is 4.73. The number of sulfonamides is 1. The smallest absolute Gasteiger partial charge is 0.224 e. The molecule has 0 radical (unpaired) electrons. The van der Waals surface area contributed by atoms with Crippen LogP contribution < -0.4 is 10.2 Å². The Hall–Kier alpha value is -2.45.